The molecule has 0 fully saturated rings. The molecule has 2 N–H and O–H groups in total. The molecule has 0 aliphatic rings. The number of sulfonamides is 1. The Labute approximate surface area is 133 Å². The van der Waals surface area contributed by atoms with Crippen molar-refractivity contribution < 1.29 is 12.8 Å². The van der Waals surface area contributed by atoms with Gasteiger partial charge in [0, 0.05) is 20.2 Å². The lowest BCUT2D eigenvalue weighted by atomic mass is 10.2. The van der Waals surface area contributed by atoms with E-state index >= 15 is 0 Å². The number of halogens is 1. The van der Waals surface area contributed by atoms with Crippen LogP contribution in [0.1, 0.15) is 0 Å². The monoisotopic (exact) mass is 345 g/mol. The molecule has 0 saturated heterocycles. The number of amidine groups is 1. The Morgan fingerprint density at radius 2 is 2.09 bits per heavy atom. The number of benzene rings is 1. The predicted octanol–water partition coefficient (Wildman–Crippen LogP) is 1.22. The fourth-order valence-corrected chi connectivity index (χ4v) is 2.72. The zero-order valence-corrected chi connectivity index (χ0v) is 14.1. The van der Waals surface area contributed by atoms with Crippen molar-refractivity contribution >= 4 is 38.3 Å². The van der Waals surface area contributed by atoms with Crippen LogP contribution in [0.3, 0.4) is 0 Å². The molecule has 1 aromatic rings. The van der Waals surface area contributed by atoms with Crippen LogP contribution in [0.4, 0.5) is 15.8 Å². The number of hydrogen-bond acceptors (Lipinski definition) is 6. The largest absolute Gasteiger partial charge is 0.376 e. The van der Waals surface area contributed by atoms with E-state index in [0.29, 0.717) is 5.69 Å². The van der Waals surface area contributed by atoms with E-state index in [-0.39, 0.29) is 10.9 Å². The molecule has 0 aliphatic carbocycles. The zero-order chi connectivity index (χ0) is 16.9. The van der Waals surface area contributed by atoms with Crippen molar-refractivity contribution in [3.05, 3.63) is 17.9 Å². The Morgan fingerprint density at radius 3 is 2.55 bits per heavy atom. The Kier molecular flexibility index (Phi) is 6.16. The Bertz CT molecular complexity index is 726. The van der Waals surface area contributed by atoms with Gasteiger partial charge in [-0.1, -0.05) is 11.8 Å². The first-order valence-corrected chi connectivity index (χ1v) is 8.69. The van der Waals surface area contributed by atoms with Gasteiger partial charge >= 0.3 is 0 Å². The third-order valence-corrected chi connectivity index (χ3v) is 4.66. The molecular weight excluding hydrogens is 329 g/mol. The van der Waals surface area contributed by atoms with Crippen LogP contribution in [0, 0.1) is 17.3 Å². The van der Waals surface area contributed by atoms with E-state index in [2.05, 4.69) is 15.0 Å². The van der Waals surface area contributed by atoms with Crippen molar-refractivity contribution in [2.75, 3.05) is 32.3 Å². The van der Waals surface area contributed by atoms with Crippen LogP contribution in [-0.4, -0.2) is 41.0 Å². The molecule has 0 atom stereocenters. The number of anilines is 1. The van der Waals surface area contributed by atoms with Crippen LogP contribution in [-0.2, 0) is 10.0 Å². The van der Waals surface area contributed by atoms with E-state index in [1.807, 2.05) is 0 Å². The minimum absolute atomic E-state index is 0.229. The van der Waals surface area contributed by atoms with Crippen LogP contribution in [0.2, 0.25) is 0 Å². The van der Waals surface area contributed by atoms with Crippen LogP contribution in [0.15, 0.2) is 22.0 Å². The number of aliphatic imine (C=N–C) groups is 1. The van der Waals surface area contributed by atoms with E-state index in [1.165, 1.54) is 18.8 Å². The zero-order valence-electron chi connectivity index (χ0n) is 12.5. The molecule has 0 heterocycles. The van der Waals surface area contributed by atoms with Gasteiger partial charge in [0.05, 0.1) is 11.4 Å². The maximum absolute atomic E-state index is 14.1. The molecule has 0 unspecified atom stereocenters. The first-order chi connectivity index (χ1) is 10.3. The molecule has 7 nitrogen and oxygen atoms in total. The quantitative estimate of drug-likeness (QED) is 0.369. The summed E-state index contributed by atoms with van der Waals surface area (Å²) in [6.45, 7) is 0. The van der Waals surface area contributed by atoms with Crippen molar-refractivity contribution in [2.45, 2.75) is 4.90 Å². The summed E-state index contributed by atoms with van der Waals surface area (Å²) < 4.78 is 39.8. The van der Waals surface area contributed by atoms with Gasteiger partial charge in [0.15, 0.2) is 11.4 Å². The van der Waals surface area contributed by atoms with Gasteiger partial charge in [0.2, 0.25) is 10.0 Å². The van der Waals surface area contributed by atoms with Gasteiger partial charge in [-0.25, -0.2) is 22.5 Å². The molecule has 0 spiro atoms. The molecule has 0 aliphatic heterocycles. The third kappa shape index (κ3) is 4.09. The SMILES string of the molecule is CNS(=O)(=O)c1cc(N=C(NC#N)SC)c(N(C)C)cc1F. The molecule has 0 saturated carbocycles. The molecule has 22 heavy (non-hydrogen) atoms. The summed E-state index contributed by atoms with van der Waals surface area (Å²) in [6, 6.07) is 2.22. The van der Waals surface area contributed by atoms with Crippen molar-refractivity contribution in [3.8, 4) is 6.19 Å². The molecule has 0 bridgehead atoms. The summed E-state index contributed by atoms with van der Waals surface area (Å²) in [7, 11) is 0.597. The maximum atomic E-state index is 14.1. The second-order valence-electron chi connectivity index (χ2n) is 4.23. The maximum Gasteiger partial charge on any atom is 0.243 e. The lowest BCUT2D eigenvalue weighted by molar-refractivity contribution is 0.561. The van der Waals surface area contributed by atoms with Gasteiger partial charge in [-0.2, -0.15) is 5.26 Å². The van der Waals surface area contributed by atoms with Crippen LogP contribution < -0.4 is 14.9 Å². The van der Waals surface area contributed by atoms with Crippen LogP contribution in [0.25, 0.3) is 0 Å². The molecule has 10 heteroatoms. The highest BCUT2D eigenvalue weighted by Crippen LogP contribution is 2.33. The summed E-state index contributed by atoms with van der Waals surface area (Å²) in [4.78, 5) is 5.28. The molecule has 120 valence electrons. The number of nitrogens with one attached hydrogen (secondary N) is 2. The molecule has 1 aromatic carbocycles. The van der Waals surface area contributed by atoms with Gasteiger partial charge in [-0.15, -0.1) is 0 Å². The van der Waals surface area contributed by atoms with E-state index in [9.17, 15) is 12.8 Å². The van der Waals surface area contributed by atoms with Crippen LogP contribution >= 0.6 is 11.8 Å². The first-order valence-electron chi connectivity index (χ1n) is 5.99. The molecular formula is C12H16FN5O2S2. The minimum Gasteiger partial charge on any atom is -0.376 e. The summed E-state index contributed by atoms with van der Waals surface area (Å²) in [6.07, 6.45) is 3.44. The smallest absolute Gasteiger partial charge is 0.243 e. The Morgan fingerprint density at radius 1 is 1.45 bits per heavy atom. The van der Waals surface area contributed by atoms with Crippen molar-refractivity contribution in [1.29, 1.82) is 5.26 Å². The van der Waals surface area contributed by atoms with Gasteiger partial charge in [0.1, 0.15) is 10.7 Å². The summed E-state index contributed by atoms with van der Waals surface area (Å²) in [5, 5.41) is 11.3. The predicted molar refractivity (Wildman–Crippen MR) is 86.3 cm³/mol. The van der Waals surface area contributed by atoms with Gasteiger partial charge in [-0.3, -0.25) is 5.32 Å². The Balaban J connectivity index is 3.60. The highest BCUT2D eigenvalue weighted by atomic mass is 32.2. The number of nitriles is 1. The van der Waals surface area contributed by atoms with Crippen molar-refractivity contribution in [2.24, 2.45) is 4.99 Å². The summed E-state index contributed by atoms with van der Waals surface area (Å²) in [5.74, 6) is -0.879. The molecule has 1 rings (SSSR count). The number of nitrogens with zero attached hydrogens (tertiary/aromatic N) is 3. The molecule has 0 radical (unpaired) electrons. The van der Waals surface area contributed by atoms with Crippen LogP contribution in [0.5, 0.6) is 0 Å². The third-order valence-electron chi connectivity index (χ3n) is 2.65. The molecule has 0 amide bonds. The molecule has 0 aromatic heterocycles. The average molecular weight is 345 g/mol. The fraction of sp³-hybridized carbons (Fsp3) is 0.333. The fourth-order valence-electron chi connectivity index (χ4n) is 1.58. The lowest BCUT2D eigenvalue weighted by Gasteiger charge is -2.17. The van der Waals surface area contributed by atoms with E-state index in [4.69, 9.17) is 5.26 Å². The lowest BCUT2D eigenvalue weighted by Crippen LogP contribution is -2.20. The number of rotatable bonds is 4. The standard InChI is InChI=1S/C12H16FN5O2S2/c1-15-22(19,20)11-6-9(17-12(21-4)16-7-14)10(18(2)3)5-8(11)13/h5-6,15H,1-4H3,(H,16,17). The highest BCUT2D eigenvalue weighted by Gasteiger charge is 2.21. The second kappa shape index (κ2) is 7.44. The minimum atomic E-state index is -3.95. The summed E-state index contributed by atoms with van der Waals surface area (Å²) >= 11 is 1.17. The second-order valence-corrected chi connectivity index (χ2v) is 6.88. The van der Waals surface area contributed by atoms with Gasteiger partial charge < -0.3 is 4.90 Å². The van der Waals surface area contributed by atoms with E-state index in [1.54, 1.807) is 31.4 Å². The van der Waals surface area contributed by atoms with Gasteiger partial charge in [-0.05, 0) is 19.4 Å². The van der Waals surface area contributed by atoms with E-state index in [0.717, 1.165) is 12.1 Å². The summed E-state index contributed by atoms with van der Waals surface area (Å²) in [5.41, 5.74) is 0.617. The number of thioether (sulfide) groups is 1. The normalized spacial score (nSPS) is 11.9. The van der Waals surface area contributed by atoms with Crippen molar-refractivity contribution in [3.63, 3.8) is 0 Å². The first kappa shape index (κ1) is 18.2. The topological polar surface area (TPSA) is 97.6 Å². The van der Waals surface area contributed by atoms with Crippen molar-refractivity contribution in [1.82, 2.24) is 10.0 Å². The highest BCUT2D eigenvalue weighted by molar-refractivity contribution is 8.13. The average Bonchev–Trinajstić information content (AvgIpc) is 2.47. The van der Waals surface area contributed by atoms with E-state index < -0.39 is 20.7 Å². The number of hydrogen-bond donors (Lipinski definition) is 2. The van der Waals surface area contributed by atoms with Gasteiger partial charge in [0.25, 0.3) is 0 Å². The Hall–Kier alpha value is -1.83.